The summed E-state index contributed by atoms with van der Waals surface area (Å²) < 4.78 is 95.4. The van der Waals surface area contributed by atoms with Gasteiger partial charge in [0, 0.05) is 145 Å². The van der Waals surface area contributed by atoms with Crippen molar-refractivity contribution in [1.29, 1.82) is 0 Å². The lowest BCUT2D eigenvalue weighted by Crippen LogP contribution is -2.34. The molecule has 0 radical (unpaired) electrons. The van der Waals surface area contributed by atoms with Gasteiger partial charge < -0.3 is 104 Å². The highest BCUT2D eigenvalue weighted by Gasteiger charge is 2.30. The third kappa shape index (κ3) is 20.3. The van der Waals surface area contributed by atoms with Gasteiger partial charge in [-0.3, -0.25) is 0 Å². The summed E-state index contributed by atoms with van der Waals surface area (Å²) in [6.45, 7) is 13.4. The van der Waals surface area contributed by atoms with Crippen LogP contribution in [0.1, 0.15) is 46.5 Å². The van der Waals surface area contributed by atoms with Gasteiger partial charge in [-0.1, -0.05) is 18.2 Å². The molecule has 0 aliphatic heterocycles. The molecule has 2 atom stereocenters. The summed E-state index contributed by atoms with van der Waals surface area (Å²) in [6, 6.07) is 91.3. The summed E-state index contributed by atoms with van der Waals surface area (Å²) in [4.78, 5) is 9.55. The van der Waals surface area contributed by atoms with Crippen LogP contribution in [0.2, 0.25) is 0 Å². The van der Waals surface area contributed by atoms with Crippen molar-refractivity contribution in [1.82, 2.24) is 13.7 Å². The van der Waals surface area contributed by atoms with E-state index in [0.29, 0.717) is 99.1 Å². The molecule has 136 heavy (non-hydrogen) atoms. The standard InChI is InChI=1S/C114H117N7O15/c1-10-128-61-64-131-67-70-134-100-49-25-85(26-50-100)119-109-55-31-88(115(79-13-37-94(122-4)38-14-79)80-15-39-95(123-5)40-16-80)73-103(109)106-76-91(34-58-112(106)119)118(92-35-59-113-107(77-92)104-74-89(116(81-17-41-96(124-6)42-18-81)82-19-43-97(125-7)44-20-82)32-56-110(104)120(113)86-27-51-101(52-28-86)135-71-68-132-65-62-129-11-2)93-36-60-114-108(78-93)105-75-90(117(83-21-45-98(126-8)46-22-83)84-23-47-99(127-9)48-24-84)33-57-111(105)121(114)87-29-53-102(54-30-87)136-72-69-133-66-63-130-12-3/h13-19,21-23,25-43,45,47-60,73-78,84,98H,10-12,20,24,44,46,61-72H2,1-9H3. The lowest BCUT2D eigenvalue weighted by atomic mass is 10.0. The van der Waals surface area contributed by atoms with Crippen LogP contribution in [-0.2, 0) is 42.6 Å². The van der Waals surface area contributed by atoms with Gasteiger partial charge in [-0.2, -0.15) is 0 Å². The first-order chi connectivity index (χ1) is 67.0. The van der Waals surface area contributed by atoms with E-state index in [1.165, 1.54) is 0 Å². The average molecular weight is 1830 g/mol. The van der Waals surface area contributed by atoms with Crippen molar-refractivity contribution in [2.75, 3.05) is 161 Å². The van der Waals surface area contributed by atoms with E-state index in [1.54, 1.807) is 42.7 Å². The molecule has 0 bridgehead atoms. The molecule has 12 aromatic carbocycles. The first kappa shape index (κ1) is 92.3. The fourth-order valence-corrected chi connectivity index (χ4v) is 18.4. The number of hydrogen-bond donors (Lipinski definition) is 0. The highest BCUT2D eigenvalue weighted by molar-refractivity contribution is 6.16. The molecule has 2 unspecified atom stereocenters. The predicted molar refractivity (Wildman–Crippen MR) is 546 cm³/mol. The van der Waals surface area contributed by atoms with Gasteiger partial charge >= 0.3 is 0 Å². The maximum Gasteiger partial charge on any atom is 0.119 e. The third-order valence-electron chi connectivity index (χ3n) is 25.1. The first-order valence-electron chi connectivity index (χ1n) is 46.8. The Bertz CT molecular complexity index is 6790. The van der Waals surface area contributed by atoms with E-state index >= 15 is 0 Å². The lowest BCUT2D eigenvalue weighted by Gasteiger charge is -2.35. The van der Waals surface area contributed by atoms with Crippen molar-refractivity contribution in [2.24, 2.45) is 0 Å². The molecule has 15 aromatic rings. The number of benzene rings is 12. The Morgan fingerprint density at radius 1 is 0.287 bits per heavy atom. The van der Waals surface area contributed by atoms with Crippen molar-refractivity contribution < 1.29 is 71.1 Å². The quantitative estimate of drug-likeness (QED) is 0.0330. The zero-order valence-corrected chi connectivity index (χ0v) is 78.7. The molecule has 22 heteroatoms. The number of methoxy groups -OCH3 is 6. The van der Waals surface area contributed by atoms with E-state index < -0.39 is 0 Å². The molecule has 0 saturated heterocycles. The molecule has 0 N–H and O–H groups in total. The lowest BCUT2D eigenvalue weighted by molar-refractivity contribution is 0.0405. The first-order valence-corrected chi connectivity index (χ1v) is 46.8. The zero-order valence-electron chi connectivity index (χ0n) is 78.7. The molecule has 698 valence electrons. The van der Waals surface area contributed by atoms with Crippen molar-refractivity contribution in [3.63, 3.8) is 0 Å². The number of nitrogens with zero attached hydrogens (tertiary/aromatic N) is 7. The number of aromatic nitrogens is 3. The van der Waals surface area contributed by atoms with Crippen LogP contribution in [0.3, 0.4) is 0 Å². The molecular weight excluding hydrogens is 1710 g/mol. The van der Waals surface area contributed by atoms with Crippen LogP contribution in [0.15, 0.2) is 326 Å². The van der Waals surface area contributed by atoms with Gasteiger partial charge in [-0.05, 0) is 325 Å². The molecule has 0 saturated carbocycles. The van der Waals surface area contributed by atoms with E-state index in [1.807, 2.05) is 81.4 Å². The van der Waals surface area contributed by atoms with Gasteiger partial charge in [0.1, 0.15) is 60.1 Å². The minimum atomic E-state index is -0.0494. The molecule has 3 heterocycles. The summed E-state index contributed by atoms with van der Waals surface area (Å²) in [5.41, 5.74) is 19.7. The molecule has 3 aliphatic carbocycles. The van der Waals surface area contributed by atoms with E-state index in [2.05, 4.69) is 276 Å². The number of anilines is 9. The van der Waals surface area contributed by atoms with Gasteiger partial charge in [0.05, 0.1) is 146 Å². The molecule has 0 amide bonds. The summed E-state index contributed by atoms with van der Waals surface area (Å²) in [5, 5.41) is 6.17. The summed E-state index contributed by atoms with van der Waals surface area (Å²) in [5.74, 6) is 6.24. The van der Waals surface area contributed by atoms with Crippen molar-refractivity contribution in [3.8, 4) is 51.6 Å². The van der Waals surface area contributed by atoms with Gasteiger partial charge in [-0.25, -0.2) is 0 Å². The average Bonchev–Trinajstić information content (AvgIpc) is 1.55. The maximum absolute atomic E-state index is 6.35. The monoisotopic (exact) mass is 1820 g/mol. The fourth-order valence-electron chi connectivity index (χ4n) is 18.4. The van der Waals surface area contributed by atoms with E-state index in [-0.39, 0.29) is 12.1 Å². The number of hydrogen-bond acceptors (Lipinski definition) is 19. The van der Waals surface area contributed by atoms with Gasteiger partial charge in [0.15, 0.2) is 0 Å². The number of fused-ring (bicyclic) bond motifs is 9. The van der Waals surface area contributed by atoms with Crippen LogP contribution in [0.5, 0.6) is 34.5 Å². The largest absolute Gasteiger partial charge is 0.501 e. The fraction of sp³-hybridized carbons (Fsp3) is 0.263. The summed E-state index contributed by atoms with van der Waals surface area (Å²) in [6.07, 6.45) is 20.3. The Kier molecular flexibility index (Phi) is 29.8. The second kappa shape index (κ2) is 43.9. The van der Waals surface area contributed by atoms with Gasteiger partial charge in [-0.15, -0.1) is 0 Å². The minimum absolute atomic E-state index is 0.0425. The number of ether oxygens (including phenoxy) is 15. The van der Waals surface area contributed by atoms with Crippen molar-refractivity contribution >= 4 is 117 Å². The van der Waals surface area contributed by atoms with Crippen molar-refractivity contribution in [2.45, 2.75) is 58.6 Å². The smallest absolute Gasteiger partial charge is 0.119 e. The maximum atomic E-state index is 6.35. The molecular formula is C114H117N7O15. The second-order valence-electron chi connectivity index (χ2n) is 33.1. The van der Waals surface area contributed by atoms with E-state index in [4.69, 9.17) is 71.1 Å². The van der Waals surface area contributed by atoms with Crippen LogP contribution in [0.25, 0.3) is 82.5 Å². The Morgan fingerprint density at radius 2 is 0.618 bits per heavy atom. The molecule has 18 rings (SSSR count). The predicted octanol–water partition coefficient (Wildman–Crippen LogP) is 25.1. The third-order valence-corrected chi connectivity index (χ3v) is 25.1. The topological polar surface area (TPSA) is 166 Å². The highest BCUT2D eigenvalue weighted by atomic mass is 16.6. The second-order valence-corrected chi connectivity index (χ2v) is 33.1. The number of rotatable bonds is 45. The van der Waals surface area contributed by atoms with E-state index in [0.717, 1.165) is 217 Å². The Hall–Kier alpha value is -14.2. The van der Waals surface area contributed by atoms with Crippen LogP contribution in [0, 0.1) is 0 Å². The van der Waals surface area contributed by atoms with Crippen molar-refractivity contribution in [3.05, 3.63) is 326 Å². The van der Waals surface area contributed by atoms with Crippen LogP contribution in [-0.4, -0.2) is 168 Å². The Labute approximate surface area is 794 Å². The summed E-state index contributed by atoms with van der Waals surface area (Å²) >= 11 is 0. The summed E-state index contributed by atoms with van der Waals surface area (Å²) in [7, 11) is 10.3. The molecule has 0 fully saturated rings. The van der Waals surface area contributed by atoms with Crippen LogP contribution in [0.4, 0.5) is 51.2 Å². The molecule has 0 spiro atoms. The van der Waals surface area contributed by atoms with Gasteiger partial charge in [0.2, 0.25) is 0 Å². The minimum Gasteiger partial charge on any atom is -0.501 e. The van der Waals surface area contributed by atoms with Crippen LogP contribution >= 0.6 is 0 Å². The zero-order chi connectivity index (χ0) is 93.2. The Morgan fingerprint density at radius 3 is 0.934 bits per heavy atom. The molecule has 3 aliphatic rings. The molecule has 22 nitrogen and oxygen atoms in total. The van der Waals surface area contributed by atoms with Crippen LogP contribution < -0.4 is 48.0 Å². The SMILES string of the molecule is CCOCCOCCOc1ccc(-n2c3ccc(N(C4=CC=C(OC)CC4)c4ccc(OC)cc4)cc3c3cc(N(c4ccc5c(c4)c4cc(N(c6ccc(OC)cc6)c6ccc(OC)cc6)ccc4n5-c4ccc(OCCOCCOCC)cc4)c4ccc5c(c4)c4cc(N(C6=CCC(OC)C=C6)C6C=CC(OC)=CC6)ccc4n5-c4ccc(OCCOCCOCC)cc4)ccc32)cc1. The normalized spacial score (nSPS) is 14.3. The Balaban J connectivity index is 0.869. The number of allylic oxidation sites excluding steroid dienone is 6. The van der Waals surface area contributed by atoms with E-state index in [9.17, 15) is 0 Å². The molecule has 3 aromatic heterocycles. The van der Waals surface area contributed by atoms with Gasteiger partial charge in [0.25, 0.3) is 0 Å². The highest BCUT2D eigenvalue weighted by Crippen LogP contribution is 2.49.